The molecule has 0 spiro atoms. The molecule has 1 aromatic rings. The van der Waals surface area contributed by atoms with Crippen molar-refractivity contribution in [3.05, 3.63) is 17.8 Å². The van der Waals surface area contributed by atoms with Crippen LogP contribution >= 0.6 is 0 Å². The second-order valence-electron chi connectivity index (χ2n) is 5.40. The van der Waals surface area contributed by atoms with Crippen molar-refractivity contribution in [3.63, 3.8) is 0 Å². The number of hydrogen-bond donors (Lipinski definition) is 1. The van der Waals surface area contributed by atoms with Crippen molar-refractivity contribution in [3.8, 4) is 0 Å². The molecule has 116 valence electrons. The van der Waals surface area contributed by atoms with E-state index in [0.717, 1.165) is 32.4 Å². The van der Waals surface area contributed by atoms with Gasteiger partial charge in [0.05, 0.1) is 6.10 Å². The van der Waals surface area contributed by atoms with Gasteiger partial charge in [0.2, 0.25) is 0 Å². The fourth-order valence-corrected chi connectivity index (χ4v) is 2.33. The Morgan fingerprint density at radius 3 is 2.90 bits per heavy atom. The molecule has 6 heteroatoms. The number of carbonyl (C=O) groups is 1. The van der Waals surface area contributed by atoms with Crippen molar-refractivity contribution < 1.29 is 9.53 Å². The minimum atomic E-state index is -0.112. The fraction of sp³-hybridized carbons (Fsp3) is 0.667. The second kappa shape index (κ2) is 7.93. The van der Waals surface area contributed by atoms with Crippen LogP contribution in [0.1, 0.15) is 43.1 Å². The van der Waals surface area contributed by atoms with Gasteiger partial charge in [0.25, 0.3) is 5.91 Å². The number of nitrogens with one attached hydrogen (secondary N) is 1. The van der Waals surface area contributed by atoms with Crippen molar-refractivity contribution in [2.24, 2.45) is 0 Å². The zero-order chi connectivity index (χ0) is 15.1. The number of aromatic nitrogens is 2. The Labute approximate surface area is 125 Å². The van der Waals surface area contributed by atoms with E-state index in [0.29, 0.717) is 18.1 Å². The Hall–Kier alpha value is -1.69. The summed E-state index contributed by atoms with van der Waals surface area (Å²) in [6, 6.07) is 3.51. The molecule has 1 N–H and O–H groups in total. The Bertz CT molecular complexity index is 443. The number of hydrogen-bond acceptors (Lipinski definition) is 5. The zero-order valence-electron chi connectivity index (χ0n) is 12.8. The molecule has 2 heterocycles. The molecule has 0 aliphatic carbocycles. The maximum atomic E-state index is 12.3. The summed E-state index contributed by atoms with van der Waals surface area (Å²) in [5.74, 6) is 0.588. The second-order valence-corrected chi connectivity index (χ2v) is 5.40. The van der Waals surface area contributed by atoms with Crippen LogP contribution in [0.2, 0.25) is 0 Å². The highest BCUT2D eigenvalue weighted by Crippen LogP contribution is 2.14. The monoisotopic (exact) mass is 292 g/mol. The van der Waals surface area contributed by atoms with Crippen LogP contribution in [0.25, 0.3) is 0 Å². The first-order valence-electron chi connectivity index (χ1n) is 7.65. The number of rotatable bonds is 6. The van der Waals surface area contributed by atoms with Crippen LogP contribution in [0, 0.1) is 0 Å². The molecule has 1 fully saturated rings. The third-order valence-electron chi connectivity index (χ3n) is 3.54. The Kier molecular flexibility index (Phi) is 5.92. The van der Waals surface area contributed by atoms with Gasteiger partial charge in [-0.1, -0.05) is 6.92 Å². The first kappa shape index (κ1) is 15.7. The van der Waals surface area contributed by atoms with Gasteiger partial charge in [-0.3, -0.25) is 4.79 Å². The maximum absolute atomic E-state index is 12.3. The van der Waals surface area contributed by atoms with Crippen molar-refractivity contribution in [2.45, 2.75) is 38.7 Å². The van der Waals surface area contributed by atoms with Gasteiger partial charge in [-0.15, -0.1) is 10.2 Å². The van der Waals surface area contributed by atoms with Crippen LogP contribution in [0.5, 0.6) is 0 Å². The minimum absolute atomic E-state index is 0.112. The number of ether oxygens (including phenoxy) is 1. The van der Waals surface area contributed by atoms with Crippen LogP contribution in [0.4, 0.5) is 5.82 Å². The van der Waals surface area contributed by atoms with E-state index in [9.17, 15) is 4.79 Å². The molecule has 1 atom stereocenters. The molecule has 1 aromatic heterocycles. The SMILES string of the molecule is CCCNc1ccc(C(=O)N(C)CC2CCCCO2)nn1. The average Bonchev–Trinajstić information content (AvgIpc) is 2.53. The van der Waals surface area contributed by atoms with E-state index >= 15 is 0 Å². The smallest absolute Gasteiger partial charge is 0.274 e. The van der Waals surface area contributed by atoms with Crippen LogP contribution < -0.4 is 5.32 Å². The molecule has 0 aromatic carbocycles. The third kappa shape index (κ3) is 4.67. The summed E-state index contributed by atoms with van der Waals surface area (Å²) in [5.41, 5.74) is 0.371. The van der Waals surface area contributed by atoms with Gasteiger partial charge < -0.3 is 15.0 Å². The lowest BCUT2D eigenvalue weighted by Crippen LogP contribution is -2.37. The summed E-state index contributed by atoms with van der Waals surface area (Å²) in [6.07, 6.45) is 4.47. The largest absolute Gasteiger partial charge is 0.376 e. The fourth-order valence-electron chi connectivity index (χ4n) is 2.33. The van der Waals surface area contributed by atoms with Gasteiger partial charge in [0.15, 0.2) is 5.69 Å². The predicted octanol–water partition coefficient (Wildman–Crippen LogP) is 1.94. The third-order valence-corrected chi connectivity index (χ3v) is 3.54. The highest BCUT2D eigenvalue weighted by molar-refractivity contribution is 5.92. The average molecular weight is 292 g/mol. The molecule has 6 nitrogen and oxygen atoms in total. The molecular formula is C15H24N4O2. The molecule has 0 bridgehead atoms. The van der Waals surface area contributed by atoms with E-state index in [4.69, 9.17) is 4.74 Å². The van der Waals surface area contributed by atoms with Crippen molar-refractivity contribution >= 4 is 11.7 Å². The van der Waals surface area contributed by atoms with Gasteiger partial charge in [0, 0.05) is 26.7 Å². The summed E-state index contributed by atoms with van der Waals surface area (Å²) >= 11 is 0. The standard InChI is InChI=1S/C15H24N4O2/c1-3-9-16-14-8-7-13(17-18-14)15(20)19(2)11-12-6-4-5-10-21-12/h7-8,12H,3-6,9-11H2,1-2H3,(H,16,18). The number of anilines is 1. The maximum Gasteiger partial charge on any atom is 0.274 e. The molecule has 21 heavy (non-hydrogen) atoms. The first-order chi connectivity index (χ1) is 10.2. The van der Waals surface area contributed by atoms with E-state index in [1.165, 1.54) is 6.42 Å². The molecule has 1 aliphatic heterocycles. The molecule has 1 amide bonds. The lowest BCUT2D eigenvalue weighted by atomic mass is 10.1. The Morgan fingerprint density at radius 1 is 1.43 bits per heavy atom. The summed E-state index contributed by atoms with van der Waals surface area (Å²) in [7, 11) is 1.78. The molecular weight excluding hydrogens is 268 g/mol. The van der Waals surface area contributed by atoms with E-state index in [-0.39, 0.29) is 12.0 Å². The summed E-state index contributed by atoms with van der Waals surface area (Å²) in [5, 5.41) is 11.2. The quantitative estimate of drug-likeness (QED) is 0.868. The van der Waals surface area contributed by atoms with Crippen LogP contribution in [0.3, 0.4) is 0 Å². The Morgan fingerprint density at radius 2 is 2.29 bits per heavy atom. The van der Waals surface area contributed by atoms with E-state index in [2.05, 4.69) is 22.4 Å². The minimum Gasteiger partial charge on any atom is -0.376 e. The van der Waals surface area contributed by atoms with Crippen LogP contribution in [-0.4, -0.2) is 53.9 Å². The van der Waals surface area contributed by atoms with Crippen molar-refractivity contribution in [1.29, 1.82) is 0 Å². The molecule has 2 rings (SSSR count). The highest BCUT2D eigenvalue weighted by atomic mass is 16.5. The lowest BCUT2D eigenvalue weighted by Gasteiger charge is -2.27. The molecule has 0 radical (unpaired) electrons. The zero-order valence-corrected chi connectivity index (χ0v) is 12.8. The Balaban J connectivity index is 1.88. The summed E-state index contributed by atoms with van der Waals surface area (Å²) in [6.45, 7) is 4.34. The topological polar surface area (TPSA) is 67.4 Å². The van der Waals surface area contributed by atoms with Gasteiger partial charge in [0.1, 0.15) is 5.82 Å². The van der Waals surface area contributed by atoms with Crippen LogP contribution in [0.15, 0.2) is 12.1 Å². The number of amides is 1. The number of nitrogens with zero attached hydrogens (tertiary/aromatic N) is 3. The van der Waals surface area contributed by atoms with E-state index in [1.807, 2.05) is 0 Å². The van der Waals surface area contributed by atoms with Gasteiger partial charge in [-0.25, -0.2) is 0 Å². The van der Waals surface area contributed by atoms with E-state index < -0.39 is 0 Å². The van der Waals surface area contributed by atoms with Gasteiger partial charge in [-0.05, 0) is 37.8 Å². The van der Waals surface area contributed by atoms with Gasteiger partial charge in [-0.2, -0.15) is 0 Å². The van der Waals surface area contributed by atoms with Crippen molar-refractivity contribution in [1.82, 2.24) is 15.1 Å². The highest BCUT2D eigenvalue weighted by Gasteiger charge is 2.20. The van der Waals surface area contributed by atoms with Gasteiger partial charge >= 0.3 is 0 Å². The number of carbonyl (C=O) groups excluding carboxylic acids is 1. The predicted molar refractivity (Wildman–Crippen MR) is 81.4 cm³/mol. The van der Waals surface area contributed by atoms with Crippen molar-refractivity contribution in [2.75, 3.05) is 32.1 Å². The summed E-state index contributed by atoms with van der Waals surface area (Å²) in [4.78, 5) is 14.0. The van der Waals surface area contributed by atoms with E-state index in [1.54, 1.807) is 24.1 Å². The first-order valence-corrected chi connectivity index (χ1v) is 7.65. The lowest BCUT2D eigenvalue weighted by molar-refractivity contribution is -0.000309. The molecule has 0 saturated carbocycles. The number of likely N-dealkylation sites (N-methyl/N-ethyl adjacent to an activating group) is 1. The normalized spacial score (nSPS) is 18.3. The molecule has 1 aliphatic rings. The summed E-state index contributed by atoms with van der Waals surface area (Å²) < 4.78 is 5.66. The molecule has 1 saturated heterocycles. The van der Waals surface area contributed by atoms with Crippen LogP contribution in [-0.2, 0) is 4.74 Å². The molecule has 1 unspecified atom stereocenters.